The summed E-state index contributed by atoms with van der Waals surface area (Å²) in [4.78, 5) is 17.4. The van der Waals surface area contributed by atoms with Crippen LogP contribution in [0.25, 0.3) is 22.6 Å². The Balaban J connectivity index is 1.55. The zero-order valence-corrected chi connectivity index (χ0v) is 18.7. The predicted octanol–water partition coefficient (Wildman–Crippen LogP) is 3.58. The summed E-state index contributed by atoms with van der Waals surface area (Å²) >= 11 is 6.29. The van der Waals surface area contributed by atoms with Gasteiger partial charge in [0.2, 0.25) is 0 Å². The van der Waals surface area contributed by atoms with Gasteiger partial charge in [-0.2, -0.15) is 5.10 Å². The van der Waals surface area contributed by atoms with Crippen LogP contribution in [0.4, 0.5) is 4.39 Å². The number of aromatic nitrogens is 4. The highest BCUT2D eigenvalue weighted by Gasteiger charge is 2.26. The van der Waals surface area contributed by atoms with E-state index in [-0.39, 0.29) is 16.6 Å². The van der Waals surface area contributed by atoms with Crippen molar-refractivity contribution in [3.63, 3.8) is 0 Å². The highest BCUT2D eigenvalue weighted by Crippen LogP contribution is 2.31. The van der Waals surface area contributed by atoms with Crippen molar-refractivity contribution in [2.24, 2.45) is 0 Å². The molecule has 0 aliphatic heterocycles. The fraction of sp³-hybridized carbons (Fsp3) is 0.182. The molecule has 1 unspecified atom stereocenters. The lowest BCUT2D eigenvalue weighted by Crippen LogP contribution is -2.26. The van der Waals surface area contributed by atoms with Crippen molar-refractivity contribution in [2.75, 3.05) is 6.26 Å². The van der Waals surface area contributed by atoms with Crippen molar-refractivity contribution in [2.45, 2.75) is 23.8 Å². The molecule has 3 heterocycles. The molecule has 32 heavy (non-hydrogen) atoms. The number of benzene rings is 1. The Morgan fingerprint density at radius 1 is 1.28 bits per heavy atom. The minimum atomic E-state index is -2.40. The molecule has 0 spiro atoms. The largest absolute Gasteiger partial charge is 0.349 e. The van der Waals surface area contributed by atoms with E-state index in [1.54, 1.807) is 52.3 Å². The molecule has 1 N–H and O–H groups in total. The predicted molar refractivity (Wildman–Crippen MR) is 123 cm³/mol. The van der Waals surface area contributed by atoms with E-state index in [0.717, 1.165) is 18.9 Å². The number of rotatable bonds is 5. The number of carbonyl (C=O) groups excluding carboxylic acids is 1. The molecule has 10 heteroatoms. The minimum absolute atomic E-state index is 0.0587. The molecule has 1 aliphatic rings. The van der Waals surface area contributed by atoms with Gasteiger partial charge < -0.3 is 5.32 Å². The molecule has 1 aromatic carbocycles. The fourth-order valence-corrected chi connectivity index (χ4v) is 4.34. The van der Waals surface area contributed by atoms with Crippen molar-refractivity contribution in [3.05, 3.63) is 65.5 Å². The van der Waals surface area contributed by atoms with E-state index < -0.39 is 21.2 Å². The number of nitrogens with one attached hydrogen (secondary N) is 1. The Bertz CT molecular complexity index is 1490. The lowest BCUT2D eigenvalue weighted by molar-refractivity contribution is 0.0947. The Labute approximate surface area is 188 Å². The summed E-state index contributed by atoms with van der Waals surface area (Å²) in [5.74, 6) is 3.22. The second-order valence-corrected chi connectivity index (χ2v) is 10.8. The molecule has 5 rings (SSSR count). The molecule has 4 aromatic rings. The number of halogens is 2. The highest BCUT2D eigenvalue weighted by atomic mass is 35.5. The standard InChI is InChI=1S/C22H19ClFN5O2S/c1-32(2,31)15-5-6-20-25-10-21(28(20)12-15)29-11-13(9-26-29)16-7-17(19(24)8-18(16)23)22(30)27-14-3-4-14/h5-12,14H,1,3-4H2,2H3,(H,27,30). The maximum absolute atomic E-state index is 14.4. The molecule has 1 fully saturated rings. The van der Waals surface area contributed by atoms with Gasteiger partial charge in [-0.25, -0.2) is 14.1 Å². The lowest BCUT2D eigenvalue weighted by Gasteiger charge is -2.09. The summed E-state index contributed by atoms with van der Waals surface area (Å²) in [7, 11) is -2.40. The Kier molecular flexibility index (Phi) is 4.83. The van der Waals surface area contributed by atoms with Crippen LogP contribution in [0.5, 0.6) is 0 Å². The maximum Gasteiger partial charge on any atom is 0.254 e. The molecule has 1 atom stereocenters. The van der Waals surface area contributed by atoms with E-state index in [1.165, 1.54) is 6.07 Å². The zero-order chi connectivity index (χ0) is 22.6. The summed E-state index contributed by atoms with van der Waals surface area (Å²) in [6.07, 6.45) is 10.0. The van der Waals surface area contributed by atoms with E-state index >= 15 is 0 Å². The number of hydrogen-bond donors (Lipinski definition) is 1. The van der Waals surface area contributed by atoms with Gasteiger partial charge in [0.05, 0.1) is 23.0 Å². The quantitative estimate of drug-likeness (QED) is 0.451. The van der Waals surface area contributed by atoms with Crippen LogP contribution in [-0.2, 0) is 9.52 Å². The zero-order valence-electron chi connectivity index (χ0n) is 17.1. The molecular weight excluding hydrogens is 453 g/mol. The first-order valence-electron chi connectivity index (χ1n) is 9.85. The van der Waals surface area contributed by atoms with Crippen molar-refractivity contribution >= 4 is 38.5 Å². The van der Waals surface area contributed by atoms with Gasteiger partial charge in [0.25, 0.3) is 5.91 Å². The first kappa shape index (κ1) is 20.7. The van der Waals surface area contributed by atoms with E-state index in [4.69, 9.17) is 11.6 Å². The van der Waals surface area contributed by atoms with Crippen molar-refractivity contribution in [1.82, 2.24) is 24.5 Å². The summed E-state index contributed by atoms with van der Waals surface area (Å²) in [5.41, 5.74) is 1.70. The van der Waals surface area contributed by atoms with Gasteiger partial charge in [-0.1, -0.05) is 11.6 Å². The summed E-state index contributed by atoms with van der Waals surface area (Å²) in [5, 5.41) is 7.35. The smallest absolute Gasteiger partial charge is 0.254 e. The minimum Gasteiger partial charge on any atom is -0.349 e. The molecule has 0 saturated heterocycles. The molecular formula is C22H19ClFN5O2S. The lowest BCUT2D eigenvalue weighted by atomic mass is 10.0. The number of pyridine rings is 1. The Hall–Kier alpha value is -3.17. The number of carbonyl (C=O) groups is 1. The van der Waals surface area contributed by atoms with Crippen LogP contribution in [0.15, 0.2) is 53.9 Å². The maximum atomic E-state index is 14.4. The van der Waals surface area contributed by atoms with Crippen LogP contribution in [0.2, 0.25) is 5.02 Å². The second kappa shape index (κ2) is 7.46. The van der Waals surface area contributed by atoms with Gasteiger partial charge >= 0.3 is 0 Å². The van der Waals surface area contributed by atoms with Gasteiger partial charge in [0.1, 0.15) is 11.5 Å². The van der Waals surface area contributed by atoms with Crippen molar-refractivity contribution in [1.29, 1.82) is 0 Å². The van der Waals surface area contributed by atoms with Crippen molar-refractivity contribution in [3.8, 4) is 16.9 Å². The molecule has 1 aliphatic carbocycles. The topological polar surface area (TPSA) is 81.3 Å². The van der Waals surface area contributed by atoms with Crippen LogP contribution in [0.3, 0.4) is 0 Å². The highest BCUT2D eigenvalue weighted by molar-refractivity contribution is 7.99. The summed E-state index contributed by atoms with van der Waals surface area (Å²) in [6, 6.07) is 6.20. The van der Waals surface area contributed by atoms with Crippen LogP contribution >= 0.6 is 11.6 Å². The van der Waals surface area contributed by atoms with E-state index in [1.807, 2.05) is 0 Å². The number of fused-ring (bicyclic) bond motifs is 1. The van der Waals surface area contributed by atoms with Crippen LogP contribution in [0.1, 0.15) is 23.2 Å². The van der Waals surface area contributed by atoms with Gasteiger partial charge in [0, 0.05) is 40.7 Å². The number of hydrogen-bond acceptors (Lipinski definition) is 4. The van der Waals surface area contributed by atoms with Crippen LogP contribution < -0.4 is 5.32 Å². The molecule has 164 valence electrons. The van der Waals surface area contributed by atoms with Crippen LogP contribution in [0, 0.1) is 5.82 Å². The SMILES string of the molecule is C=S(C)(=O)c1ccc2ncc(-n3cc(-c4cc(C(=O)NC5CC5)c(F)cc4Cl)cn3)n2c1. The van der Waals surface area contributed by atoms with E-state index in [9.17, 15) is 13.4 Å². The molecule has 3 aromatic heterocycles. The third-order valence-electron chi connectivity index (χ3n) is 5.30. The molecule has 1 amide bonds. The normalized spacial score (nSPS) is 15.6. The molecule has 0 radical (unpaired) electrons. The molecule has 0 bridgehead atoms. The third kappa shape index (κ3) is 3.78. The first-order valence-corrected chi connectivity index (χ1v) is 12.4. The van der Waals surface area contributed by atoms with Gasteiger partial charge in [-0.05, 0) is 52.5 Å². The number of imidazole rings is 1. The molecule has 7 nitrogen and oxygen atoms in total. The van der Waals surface area contributed by atoms with Crippen LogP contribution in [-0.4, -0.2) is 47.4 Å². The fourth-order valence-electron chi connectivity index (χ4n) is 3.40. The summed E-state index contributed by atoms with van der Waals surface area (Å²) < 4.78 is 30.1. The van der Waals surface area contributed by atoms with Crippen molar-refractivity contribution < 1.29 is 13.4 Å². The summed E-state index contributed by atoms with van der Waals surface area (Å²) in [6.45, 7) is 0. The Morgan fingerprint density at radius 3 is 2.78 bits per heavy atom. The Morgan fingerprint density at radius 2 is 2.06 bits per heavy atom. The average Bonchev–Trinajstić information content (AvgIpc) is 3.23. The molecule has 1 saturated carbocycles. The third-order valence-corrected chi connectivity index (χ3v) is 6.85. The monoisotopic (exact) mass is 471 g/mol. The van der Waals surface area contributed by atoms with Gasteiger partial charge in [-0.15, -0.1) is 0 Å². The number of nitrogens with zero attached hydrogens (tertiary/aromatic N) is 4. The first-order chi connectivity index (χ1) is 15.2. The average molecular weight is 472 g/mol. The van der Waals surface area contributed by atoms with Gasteiger partial charge in [-0.3, -0.25) is 13.4 Å². The van der Waals surface area contributed by atoms with E-state index in [0.29, 0.717) is 27.5 Å². The second-order valence-electron chi connectivity index (χ2n) is 7.95. The van der Waals surface area contributed by atoms with Gasteiger partial charge in [0.15, 0.2) is 5.82 Å². The number of amides is 1. The van der Waals surface area contributed by atoms with E-state index in [2.05, 4.69) is 21.3 Å².